The second-order valence-corrected chi connectivity index (χ2v) is 9.81. The van der Waals surface area contributed by atoms with E-state index in [4.69, 9.17) is 19.9 Å². The fraction of sp³-hybridized carbons (Fsp3) is 0.107. The van der Waals surface area contributed by atoms with Gasteiger partial charge in [0.25, 0.3) is 5.56 Å². The molecular weight excluding hydrogens is 579 g/mol. The molecule has 0 atom stereocenters. The van der Waals surface area contributed by atoms with Gasteiger partial charge in [-0.3, -0.25) is 9.78 Å². The van der Waals surface area contributed by atoms with E-state index in [0.717, 1.165) is 29.5 Å². The number of hydrogen-bond donors (Lipinski definition) is 3. The van der Waals surface area contributed by atoms with Gasteiger partial charge < -0.3 is 25.1 Å². The van der Waals surface area contributed by atoms with Crippen LogP contribution in [-0.2, 0) is 6.61 Å². The lowest BCUT2D eigenvalue weighted by molar-refractivity contribution is 0.0700. The number of benzene rings is 3. The zero-order chi connectivity index (χ0) is 30.3. The summed E-state index contributed by atoms with van der Waals surface area (Å²) in [4.78, 5) is 41.6. The molecule has 10 nitrogen and oxygen atoms in total. The smallest absolute Gasteiger partial charge is 0.338 e. The number of aromatic nitrogens is 2. The molecule has 0 saturated carbocycles. The lowest BCUT2D eigenvalue weighted by Crippen LogP contribution is -2.34. The summed E-state index contributed by atoms with van der Waals surface area (Å²) in [6, 6.07) is 10.1. The van der Waals surface area contributed by atoms with Crippen molar-refractivity contribution in [2.45, 2.75) is 6.61 Å². The fourth-order valence-corrected chi connectivity index (χ4v) is 5.54. The van der Waals surface area contributed by atoms with E-state index in [1.165, 1.54) is 20.3 Å². The number of ether oxygens (including phenoxy) is 3. The summed E-state index contributed by atoms with van der Waals surface area (Å²) in [7, 11) is 2.44. The van der Waals surface area contributed by atoms with Crippen LogP contribution in [-0.4, -0.2) is 34.8 Å². The molecule has 0 radical (unpaired) electrons. The molecule has 3 aromatic carbocycles. The number of carboxylic acids is 1. The van der Waals surface area contributed by atoms with Crippen LogP contribution >= 0.6 is 11.3 Å². The van der Waals surface area contributed by atoms with Gasteiger partial charge >= 0.3 is 11.7 Å². The number of nitrogens with two attached hydrogens (primary N) is 1. The number of aromatic carboxylic acids is 1. The number of thiophene rings is 1. The van der Waals surface area contributed by atoms with E-state index < -0.39 is 52.5 Å². The van der Waals surface area contributed by atoms with E-state index in [1.54, 1.807) is 24.3 Å². The van der Waals surface area contributed by atoms with Gasteiger partial charge in [-0.1, -0.05) is 12.1 Å². The minimum Gasteiger partial charge on any atom is -0.496 e. The minimum atomic E-state index is -1.45. The van der Waals surface area contributed by atoms with Crippen molar-refractivity contribution in [3.63, 3.8) is 0 Å². The quantitative estimate of drug-likeness (QED) is 0.218. The summed E-state index contributed by atoms with van der Waals surface area (Å²) in [5, 5.41) is 9.66. The predicted molar refractivity (Wildman–Crippen MR) is 149 cm³/mol. The van der Waals surface area contributed by atoms with E-state index in [0.29, 0.717) is 15.8 Å². The van der Waals surface area contributed by atoms with Crippen molar-refractivity contribution in [2.24, 2.45) is 0 Å². The Morgan fingerprint density at radius 1 is 0.976 bits per heavy atom. The third-order valence-corrected chi connectivity index (χ3v) is 7.51. The summed E-state index contributed by atoms with van der Waals surface area (Å²) in [6.07, 6.45) is 0. The Morgan fingerprint density at radius 2 is 1.67 bits per heavy atom. The molecule has 0 spiro atoms. The Bertz CT molecular complexity index is 1980. The first-order valence-electron chi connectivity index (χ1n) is 12.0. The maximum absolute atomic E-state index is 15.3. The Labute approximate surface area is 237 Å². The molecule has 0 aliphatic rings. The average Bonchev–Trinajstić information content (AvgIpc) is 3.35. The van der Waals surface area contributed by atoms with Crippen LogP contribution in [0.25, 0.3) is 26.3 Å². The third kappa shape index (κ3) is 4.81. The summed E-state index contributed by atoms with van der Waals surface area (Å²) >= 11 is 0.862. The van der Waals surface area contributed by atoms with Gasteiger partial charge in [0.15, 0.2) is 29.0 Å². The SMILES string of the molecule is COc1cc(F)c(-n2c(=O)[nH]c3sc(-c4ccc(N)cc4)c(C(=O)O)c3c2=O)cc1OCc1c(OC)ccc(F)c1F. The first-order valence-corrected chi connectivity index (χ1v) is 12.8. The van der Waals surface area contributed by atoms with Crippen LogP contribution in [0.1, 0.15) is 15.9 Å². The topological polar surface area (TPSA) is 146 Å². The molecule has 0 saturated heterocycles. The number of rotatable bonds is 8. The Kier molecular flexibility index (Phi) is 7.39. The lowest BCUT2D eigenvalue weighted by atomic mass is 10.1. The fourth-order valence-electron chi connectivity index (χ4n) is 4.36. The minimum absolute atomic E-state index is 0.0242. The largest absolute Gasteiger partial charge is 0.496 e. The van der Waals surface area contributed by atoms with Crippen LogP contribution in [0.15, 0.2) is 58.1 Å². The number of carboxylic acid groups (broad SMARTS) is 1. The second kappa shape index (κ2) is 11.0. The number of nitrogens with one attached hydrogen (secondary N) is 1. The maximum atomic E-state index is 15.3. The lowest BCUT2D eigenvalue weighted by Gasteiger charge is -2.16. The van der Waals surface area contributed by atoms with Gasteiger partial charge in [-0.2, -0.15) is 0 Å². The highest BCUT2D eigenvalue weighted by Crippen LogP contribution is 2.37. The van der Waals surface area contributed by atoms with E-state index >= 15 is 4.39 Å². The highest BCUT2D eigenvalue weighted by Gasteiger charge is 2.26. The van der Waals surface area contributed by atoms with Crippen LogP contribution in [0.2, 0.25) is 0 Å². The summed E-state index contributed by atoms with van der Waals surface area (Å²) in [5.41, 5.74) is 3.11. The number of aromatic amines is 1. The number of methoxy groups -OCH3 is 2. The van der Waals surface area contributed by atoms with Crippen molar-refractivity contribution in [1.29, 1.82) is 0 Å². The number of carbonyl (C=O) groups is 1. The molecule has 14 heteroatoms. The van der Waals surface area contributed by atoms with Crippen LogP contribution in [0.3, 0.4) is 0 Å². The standard InChI is InChI=1S/C28H20F3N3O7S/c1-39-18-8-7-15(29)23(31)14(18)11-41-20-10-17(16(30)9-19(20)40-2)34-26(35)22-21(27(36)37)24(42-25(22)33-28(34)38)12-3-5-13(32)6-4-12/h3-10H,11,32H2,1-2H3,(H,33,38)(H,36,37). The number of H-pyrrole nitrogens is 1. The van der Waals surface area contributed by atoms with Crippen molar-refractivity contribution in [3.05, 3.63) is 97.9 Å². The van der Waals surface area contributed by atoms with Crippen molar-refractivity contribution in [1.82, 2.24) is 9.55 Å². The molecule has 0 aliphatic carbocycles. The van der Waals surface area contributed by atoms with E-state index in [2.05, 4.69) is 4.98 Å². The molecule has 216 valence electrons. The van der Waals surface area contributed by atoms with Crippen LogP contribution < -0.4 is 31.2 Å². The van der Waals surface area contributed by atoms with E-state index in [-0.39, 0.29) is 37.9 Å². The molecular formula is C28H20F3N3O7S. The van der Waals surface area contributed by atoms with Gasteiger partial charge in [0.05, 0.1) is 41.3 Å². The van der Waals surface area contributed by atoms with Gasteiger partial charge in [0.1, 0.15) is 17.2 Å². The summed E-state index contributed by atoms with van der Waals surface area (Å²) in [6.45, 7) is -0.600. The van der Waals surface area contributed by atoms with Gasteiger partial charge in [-0.15, -0.1) is 11.3 Å². The van der Waals surface area contributed by atoms with E-state index in [1.807, 2.05) is 0 Å². The summed E-state index contributed by atoms with van der Waals surface area (Å²) in [5.74, 6) is -5.38. The highest BCUT2D eigenvalue weighted by molar-refractivity contribution is 7.22. The molecule has 0 fully saturated rings. The van der Waals surface area contributed by atoms with Gasteiger partial charge in [0.2, 0.25) is 0 Å². The number of anilines is 1. The first kappa shape index (κ1) is 28.3. The molecule has 42 heavy (non-hydrogen) atoms. The van der Waals surface area contributed by atoms with Crippen LogP contribution in [0.5, 0.6) is 17.2 Å². The Hall–Kier alpha value is -5.24. The molecule has 4 N–H and O–H groups in total. The van der Waals surface area contributed by atoms with Crippen LogP contribution in [0, 0.1) is 17.5 Å². The molecule has 5 rings (SSSR count). The number of fused-ring (bicyclic) bond motifs is 1. The number of halogens is 3. The summed E-state index contributed by atoms with van der Waals surface area (Å²) < 4.78 is 59.9. The monoisotopic (exact) mass is 599 g/mol. The zero-order valence-electron chi connectivity index (χ0n) is 21.8. The number of nitrogen functional groups attached to an aromatic ring is 1. The third-order valence-electron chi connectivity index (χ3n) is 6.35. The number of hydrogen-bond acceptors (Lipinski definition) is 8. The first-order chi connectivity index (χ1) is 20.0. The second-order valence-electron chi connectivity index (χ2n) is 8.79. The van der Waals surface area contributed by atoms with Crippen molar-refractivity contribution >= 4 is 33.2 Å². The average molecular weight is 600 g/mol. The van der Waals surface area contributed by atoms with Gasteiger partial charge in [0, 0.05) is 17.8 Å². The zero-order valence-corrected chi connectivity index (χ0v) is 22.6. The molecule has 0 aliphatic heterocycles. The molecule has 0 amide bonds. The molecule has 2 aromatic heterocycles. The Morgan fingerprint density at radius 3 is 2.31 bits per heavy atom. The van der Waals surface area contributed by atoms with E-state index in [9.17, 15) is 28.3 Å². The predicted octanol–water partition coefficient (Wildman–Crippen LogP) is 4.70. The van der Waals surface area contributed by atoms with Crippen molar-refractivity contribution < 1.29 is 37.3 Å². The van der Waals surface area contributed by atoms with Crippen molar-refractivity contribution in [3.8, 4) is 33.4 Å². The molecule has 5 aromatic rings. The van der Waals surface area contributed by atoms with Crippen LogP contribution in [0.4, 0.5) is 18.9 Å². The van der Waals surface area contributed by atoms with Crippen molar-refractivity contribution in [2.75, 3.05) is 20.0 Å². The molecule has 0 unspecified atom stereocenters. The molecule has 2 heterocycles. The van der Waals surface area contributed by atoms with Gasteiger partial charge in [-0.25, -0.2) is 27.3 Å². The normalized spacial score (nSPS) is 11.1. The van der Waals surface area contributed by atoms with Gasteiger partial charge in [-0.05, 0) is 29.8 Å². The highest BCUT2D eigenvalue weighted by atomic mass is 32.1. The molecule has 0 bridgehead atoms. The maximum Gasteiger partial charge on any atom is 0.338 e. The number of nitrogens with zero attached hydrogens (tertiary/aromatic N) is 1. The Balaban J connectivity index is 1.67.